The lowest BCUT2D eigenvalue weighted by molar-refractivity contribution is 0.766. The fraction of sp³-hybridized carbons (Fsp3) is 0.0513. The molecular weight excluding hydrogens is 538 g/mol. The first-order valence-electron chi connectivity index (χ1n) is 14.5. The van der Waals surface area contributed by atoms with Crippen molar-refractivity contribution in [3.63, 3.8) is 0 Å². The maximum Gasteiger partial charge on any atom is 0.101 e. The van der Waals surface area contributed by atoms with Crippen LogP contribution in [0, 0.1) is 34.0 Å². The molecule has 204 valence electrons. The number of hydrogen-bond acceptors (Lipinski definition) is 3. The fourth-order valence-electron chi connectivity index (χ4n) is 6.96. The molecule has 2 heterocycles. The van der Waals surface area contributed by atoms with Crippen molar-refractivity contribution >= 4 is 38.8 Å². The zero-order valence-corrected chi connectivity index (χ0v) is 23.6. The highest BCUT2D eigenvalue weighted by molar-refractivity contribution is 6.10. The van der Waals surface area contributed by atoms with Gasteiger partial charge in [-0.15, -0.1) is 0 Å². The smallest absolute Gasteiger partial charge is 0.101 e. The van der Waals surface area contributed by atoms with Crippen molar-refractivity contribution in [2.24, 2.45) is 0 Å². The molecule has 0 amide bonds. The standard InChI is InChI=1S/C39H23N5/c40-22-25-8-5-10-28(20-25)43-36-17-4-2-11-29(36)30-12-6-13-31(38(30)43)32-14-7-15-33-34-21-26(23-41)18-19-37(34)44(39(32)33)35-16-3-1-9-27(35)24-42/h1-13,15-21,32H,14H2. The average molecular weight is 562 g/mol. The molecule has 0 spiro atoms. The van der Waals surface area contributed by atoms with E-state index in [1.54, 1.807) is 0 Å². The first kappa shape index (κ1) is 25.4. The van der Waals surface area contributed by atoms with Crippen molar-refractivity contribution in [2.45, 2.75) is 12.3 Å². The number of aromatic nitrogens is 2. The normalized spacial score (nSPS) is 13.9. The number of hydrogen-bond donors (Lipinski definition) is 0. The first-order valence-corrected chi connectivity index (χ1v) is 14.5. The van der Waals surface area contributed by atoms with E-state index in [-0.39, 0.29) is 5.92 Å². The summed E-state index contributed by atoms with van der Waals surface area (Å²) < 4.78 is 4.50. The summed E-state index contributed by atoms with van der Waals surface area (Å²) in [7, 11) is 0. The predicted octanol–water partition coefficient (Wildman–Crippen LogP) is 8.89. The Hall–Kier alpha value is -6.35. The van der Waals surface area contributed by atoms with Gasteiger partial charge in [-0.1, -0.05) is 66.7 Å². The summed E-state index contributed by atoms with van der Waals surface area (Å²) in [5.41, 5.74) is 9.99. The van der Waals surface area contributed by atoms with E-state index in [9.17, 15) is 15.8 Å². The predicted molar refractivity (Wildman–Crippen MR) is 174 cm³/mol. The van der Waals surface area contributed by atoms with E-state index in [1.165, 1.54) is 0 Å². The van der Waals surface area contributed by atoms with E-state index >= 15 is 0 Å². The van der Waals surface area contributed by atoms with E-state index in [1.807, 2.05) is 60.7 Å². The van der Waals surface area contributed by atoms with Crippen molar-refractivity contribution in [1.82, 2.24) is 9.13 Å². The Kier molecular flexibility index (Phi) is 5.70. The summed E-state index contributed by atoms with van der Waals surface area (Å²) in [6.45, 7) is 0. The van der Waals surface area contributed by atoms with Crippen molar-refractivity contribution in [3.05, 3.63) is 149 Å². The Morgan fingerprint density at radius 1 is 0.614 bits per heavy atom. The number of para-hydroxylation sites is 3. The van der Waals surface area contributed by atoms with Gasteiger partial charge in [0.1, 0.15) is 6.07 Å². The lowest BCUT2D eigenvalue weighted by Crippen LogP contribution is -2.13. The van der Waals surface area contributed by atoms with Gasteiger partial charge in [-0.2, -0.15) is 15.8 Å². The Labute approximate surface area is 254 Å². The van der Waals surface area contributed by atoms with Crippen LogP contribution < -0.4 is 0 Å². The van der Waals surface area contributed by atoms with E-state index in [0.29, 0.717) is 16.7 Å². The highest BCUT2D eigenvalue weighted by Crippen LogP contribution is 2.46. The second-order valence-electron chi connectivity index (χ2n) is 11.1. The van der Waals surface area contributed by atoms with E-state index in [0.717, 1.165) is 67.3 Å². The summed E-state index contributed by atoms with van der Waals surface area (Å²) in [6, 6.07) is 43.2. The Morgan fingerprint density at radius 2 is 1.36 bits per heavy atom. The summed E-state index contributed by atoms with van der Waals surface area (Å²) in [4.78, 5) is 0. The highest BCUT2D eigenvalue weighted by Gasteiger charge is 2.30. The van der Waals surface area contributed by atoms with Crippen LogP contribution in [-0.2, 0) is 0 Å². The number of benzene rings is 5. The van der Waals surface area contributed by atoms with Gasteiger partial charge in [-0.05, 0) is 66.6 Å². The minimum Gasteiger partial charge on any atom is -0.311 e. The van der Waals surface area contributed by atoms with Gasteiger partial charge >= 0.3 is 0 Å². The fourth-order valence-corrected chi connectivity index (χ4v) is 6.96. The lowest BCUT2D eigenvalue weighted by atomic mass is 9.84. The average Bonchev–Trinajstić information content (AvgIpc) is 3.61. The Morgan fingerprint density at radius 3 is 2.23 bits per heavy atom. The zero-order valence-electron chi connectivity index (χ0n) is 23.6. The molecule has 1 aliphatic carbocycles. The minimum atomic E-state index is -0.0504. The largest absolute Gasteiger partial charge is 0.311 e. The molecule has 1 aliphatic rings. The molecule has 0 aliphatic heterocycles. The molecule has 0 N–H and O–H groups in total. The van der Waals surface area contributed by atoms with Gasteiger partial charge in [-0.3, -0.25) is 0 Å². The van der Waals surface area contributed by atoms with Crippen molar-refractivity contribution in [1.29, 1.82) is 15.8 Å². The second-order valence-corrected chi connectivity index (χ2v) is 11.1. The molecule has 1 atom stereocenters. The van der Waals surface area contributed by atoms with Crippen LogP contribution in [0.15, 0.2) is 115 Å². The molecule has 0 radical (unpaired) electrons. The van der Waals surface area contributed by atoms with Crippen LogP contribution in [0.4, 0.5) is 0 Å². The molecule has 0 fully saturated rings. The molecule has 5 aromatic carbocycles. The monoisotopic (exact) mass is 561 g/mol. The van der Waals surface area contributed by atoms with E-state index in [4.69, 9.17) is 0 Å². The molecule has 44 heavy (non-hydrogen) atoms. The van der Waals surface area contributed by atoms with Crippen molar-refractivity contribution in [3.8, 4) is 29.6 Å². The number of nitrogens with zero attached hydrogens (tertiary/aromatic N) is 5. The van der Waals surface area contributed by atoms with Gasteiger partial charge in [0.2, 0.25) is 0 Å². The molecule has 1 unspecified atom stereocenters. The van der Waals surface area contributed by atoms with Gasteiger partial charge in [-0.25, -0.2) is 0 Å². The lowest BCUT2D eigenvalue weighted by Gasteiger charge is -2.25. The molecule has 7 aromatic rings. The molecule has 5 nitrogen and oxygen atoms in total. The maximum atomic E-state index is 10.1. The van der Waals surface area contributed by atoms with Crippen molar-refractivity contribution in [2.75, 3.05) is 0 Å². The molecule has 0 saturated carbocycles. The van der Waals surface area contributed by atoms with Crippen LogP contribution in [0.2, 0.25) is 0 Å². The van der Waals surface area contributed by atoms with Crippen LogP contribution in [0.3, 0.4) is 0 Å². The van der Waals surface area contributed by atoms with Crippen LogP contribution in [-0.4, -0.2) is 9.13 Å². The molecule has 0 saturated heterocycles. The highest BCUT2D eigenvalue weighted by atomic mass is 15.0. The number of allylic oxidation sites excluding steroid dienone is 1. The number of nitriles is 3. The third kappa shape index (κ3) is 3.63. The van der Waals surface area contributed by atoms with Crippen LogP contribution in [0.25, 0.3) is 50.2 Å². The number of fused-ring (bicyclic) bond motifs is 6. The maximum absolute atomic E-state index is 10.1. The van der Waals surface area contributed by atoms with Crippen LogP contribution >= 0.6 is 0 Å². The van der Waals surface area contributed by atoms with E-state index < -0.39 is 0 Å². The minimum absolute atomic E-state index is 0.0504. The molecule has 2 aromatic heterocycles. The SMILES string of the molecule is N#Cc1cccc(-n2c3ccccc3c3cccc(C4CC=Cc5c4n(-c4ccccc4C#N)c4ccc(C#N)cc54)c32)c1. The molecular formula is C39H23N5. The first-order chi connectivity index (χ1) is 21.7. The van der Waals surface area contributed by atoms with Gasteiger partial charge in [0.05, 0.1) is 51.1 Å². The second kappa shape index (κ2) is 9.88. The Bertz CT molecular complexity index is 2470. The van der Waals surface area contributed by atoms with Crippen LogP contribution in [0.5, 0.6) is 0 Å². The van der Waals surface area contributed by atoms with Gasteiger partial charge < -0.3 is 9.13 Å². The van der Waals surface area contributed by atoms with Gasteiger partial charge in [0.25, 0.3) is 0 Å². The van der Waals surface area contributed by atoms with Crippen molar-refractivity contribution < 1.29 is 0 Å². The third-order valence-electron chi connectivity index (χ3n) is 8.76. The molecule has 5 heteroatoms. The van der Waals surface area contributed by atoms with Gasteiger partial charge in [0, 0.05) is 39.0 Å². The third-order valence-corrected chi connectivity index (χ3v) is 8.76. The molecule has 8 rings (SSSR count). The number of rotatable bonds is 3. The quantitative estimate of drug-likeness (QED) is 0.216. The summed E-state index contributed by atoms with van der Waals surface area (Å²) >= 11 is 0. The summed E-state index contributed by atoms with van der Waals surface area (Å²) in [6.07, 6.45) is 5.14. The zero-order chi connectivity index (χ0) is 29.8. The summed E-state index contributed by atoms with van der Waals surface area (Å²) in [5.74, 6) is -0.0504. The van der Waals surface area contributed by atoms with Gasteiger partial charge in [0.15, 0.2) is 0 Å². The topological polar surface area (TPSA) is 81.2 Å². The Balaban J connectivity index is 1.50. The van der Waals surface area contributed by atoms with Crippen LogP contribution in [0.1, 0.15) is 45.8 Å². The van der Waals surface area contributed by atoms with E-state index in [2.05, 4.69) is 88.0 Å². The molecule has 0 bridgehead atoms. The summed E-state index contributed by atoms with van der Waals surface area (Å²) in [5, 5.41) is 32.9.